The average molecular weight is 793 g/mol. The molecule has 3 N–H and O–H groups in total. The van der Waals surface area contributed by atoms with Gasteiger partial charge in [0.15, 0.2) is 0 Å². The van der Waals surface area contributed by atoms with Gasteiger partial charge >= 0.3 is 5.97 Å². The van der Waals surface area contributed by atoms with E-state index in [0.717, 1.165) is 11.1 Å². The number of hydrogen-bond acceptors (Lipinski definition) is 11. The maximum absolute atomic E-state index is 13.9. The third-order valence-corrected chi connectivity index (χ3v) is 10.8. The Labute approximate surface area is 340 Å². The number of cyclic esters (lactones) is 1. The summed E-state index contributed by atoms with van der Waals surface area (Å²) in [6, 6.07) is 8.98. The number of ether oxygens (including phenoxy) is 3. The number of nitrogens with zero attached hydrogens (tertiary/aromatic N) is 2. The Balaban J connectivity index is 2.64. The lowest BCUT2D eigenvalue weighted by Gasteiger charge is -2.34. The van der Waals surface area contributed by atoms with Gasteiger partial charge in [-0.25, -0.2) is 4.79 Å². The number of benzene rings is 1. The average Bonchev–Trinajstić information content (AvgIpc) is 3.19. The highest BCUT2D eigenvalue weighted by Gasteiger charge is 2.38. The molecule has 0 amide bonds. The number of carbonyl (C=O) groups excluding carboxylic acids is 1. The highest BCUT2D eigenvalue weighted by Crippen LogP contribution is 2.32. The van der Waals surface area contributed by atoms with Gasteiger partial charge in [-0.3, -0.25) is 0 Å². The molecule has 1 aromatic carbocycles. The Morgan fingerprint density at radius 3 is 2.35 bits per heavy atom. The zero-order chi connectivity index (χ0) is 42.7. The molecule has 57 heavy (non-hydrogen) atoms. The lowest BCUT2D eigenvalue weighted by atomic mass is 9.78. The summed E-state index contributed by atoms with van der Waals surface area (Å²) in [5.74, 6) is -3.33. The number of oxime groups is 1. The Kier molecular flexibility index (Phi) is 21.7. The standard InChI is InChI=1S/C46H68N2O9/c1-12-18-39(49)31(5)23-24-38(48-56-28-36-20-15-14-16-21-36)34(8)44(51)35(9)45-40(54-10)22-17-19-29(3)25-32(6)42(47-53)37(13-2)43(50)33(7)26-30(4)27-41(55-11)46(52)57-45/h12,14-24,26-27,31-35,37,39-40,42-45,49-51H,13,25,28H2,1-11H3. The van der Waals surface area contributed by atoms with Crippen molar-refractivity contribution in [1.82, 2.24) is 0 Å². The minimum absolute atomic E-state index is 0.0814. The van der Waals surface area contributed by atoms with E-state index < -0.39 is 54.4 Å². The topological polar surface area (TPSA) is 156 Å². The third kappa shape index (κ3) is 15.3. The molecule has 11 heteroatoms. The molecular formula is C46H68N2O9. The Morgan fingerprint density at radius 2 is 1.75 bits per heavy atom. The lowest BCUT2D eigenvalue weighted by Crippen LogP contribution is -2.45. The fraction of sp³-hybridized carbons (Fsp3) is 0.565. The summed E-state index contributed by atoms with van der Waals surface area (Å²) in [5, 5.41) is 41.9. The summed E-state index contributed by atoms with van der Waals surface area (Å²) < 4.78 is 17.6. The van der Waals surface area contributed by atoms with Crippen molar-refractivity contribution in [2.24, 2.45) is 45.8 Å². The van der Waals surface area contributed by atoms with Crippen LogP contribution in [0.5, 0.6) is 0 Å². The normalized spacial score (nSPS) is 27.5. The molecule has 0 radical (unpaired) electrons. The van der Waals surface area contributed by atoms with Crippen LogP contribution in [0.25, 0.3) is 0 Å². The molecule has 11 nitrogen and oxygen atoms in total. The molecule has 12 unspecified atom stereocenters. The SMILES string of the molecule is CC=CC(O)C(C)C=CC(=NOCc1ccccc1)C(C)C(O)C(C)C1OC(=O)C(OC)=CC(C)=CC(C)C(O)C(CC)C(N=O)C(C)CC(C)=CC=CC1OC. The fourth-order valence-electron chi connectivity index (χ4n) is 7.23. The minimum atomic E-state index is -1.12. The molecule has 0 saturated carbocycles. The Hall–Kier alpha value is -4.16. The van der Waals surface area contributed by atoms with E-state index in [9.17, 15) is 25.0 Å². The van der Waals surface area contributed by atoms with Crippen molar-refractivity contribution in [3.63, 3.8) is 0 Å². The molecule has 1 aliphatic rings. The van der Waals surface area contributed by atoms with Gasteiger partial charge in [-0.2, -0.15) is 4.91 Å². The van der Waals surface area contributed by atoms with Crippen molar-refractivity contribution in [2.45, 2.75) is 118 Å². The van der Waals surface area contributed by atoms with Gasteiger partial charge in [0.05, 0.1) is 31.1 Å². The van der Waals surface area contributed by atoms with Crippen LogP contribution >= 0.6 is 0 Å². The Bertz CT molecular complexity index is 1600. The van der Waals surface area contributed by atoms with Gasteiger partial charge in [-0.15, -0.1) is 0 Å². The van der Waals surface area contributed by atoms with Gasteiger partial charge in [-0.1, -0.05) is 136 Å². The van der Waals surface area contributed by atoms with E-state index in [4.69, 9.17) is 19.0 Å². The van der Waals surface area contributed by atoms with Crippen LogP contribution in [-0.2, 0) is 30.4 Å². The molecule has 0 aliphatic carbocycles. The molecule has 316 valence electrons. The second-order valence-corrected chi connectivity index (χ2v) is 15.4. The van der Waals surface area contributed by atoms with Crippen LogP contribution in [0.3, 0.4) is 0 Å². The first-order chi connectivity index (χ1) is 27.1. The van der Waals surface area contributed by atoms with Gasteiger partial charge in [0.1, 0.15) is 24.9 Å². The second-order valence-electron chi connectivity index (χ2n) is 15.4. The van der Waals surface area contributed by atoms with Crippen molar-refractivity contribution in [1.29, 1.82) is 0 Å². The smallest absolute Gasteiger partial charge is 0.373 e. The summed E-state index contributed by atoms with van der Waals surface area (Å²) in [6.07, 6.45) is 12.5. The maximum Gasteiger partial charge on any atom is 0.373 e. The number of methoxy groups -OCH3 is 2. The first-order valence-corrected chi connectivity index (χ1v) is 20.1. The Morgan fingerprint density at radius 1 is 1.07 bits per heavy atom. The molecule has 12 atom stereocenters. The molecule has 1 aliphatic heterocycles. The zero-order valence-electron chi connectivity index (χ0n) is 35.8. The summed E-state index contributed by atoms with van der Waals surface area (Å²) >= 11 is 0. The first-order valence-electron chi connectivity index (χ1n) is 20.1. The summed E-state index contributed by atoms with van der Waals surface area (Å²) in [6.45, 7) is 17.0. The maximum atomic E-state index is 13.9. The molecule has 0 aromatic heterocycles. The largest absolute Gasteiger partial charge is 0.490 e. The van der Waals surface area contributed by atoms with Gasteiger partial charge in [0.25, 0.3) is 0 Å². The summed E-state index contributed by atoms with van der Waals surface area (Å²) in [5.41, 5.74) is 2.97. The minimum Gasteiger partial charge on any atom is -0.490 e. The van der Waals surface area contributed by atoms with Crippen LogP contribution in [0.2, 0.25) is 0 Å². The van der Waals surface area contributed by atoms with E-state index in [1.807, 2.05) is 103 Å². The molecule has 1 aromatic rings. The van der Waals surface area contributed by atoms with Crippen LogP contribution in [0, 0.1) is 40.4 Å². The van der Waals surface area contributed by atoms with Crippen LogP contribution < -0.4 is 0 Å². The van der Waals surface area contributed by atoms with E-state index in [1.165, 1.54) is 14.2 Å². The summed E-state index contributed by atoms with van der Waals surface area (Å²) in [7, 11) is 2.88. The van der Waals surface area contributed by atoms with Crippen LogP contribution in [-0.4, -0.2) is 77.8 Å². The lowest BCUT2D eigenvalue weighted by molar-refractivity contribution is -0.161. The van der Waals surface area contributed by atoms with Crippen molar-refractivity contribution in [3.05, 3.63) is 112 Å². The molecule has 0 fully saturated rings. The predicted octanol–water partition coefficient (Wildman–Crippen LogP) is 8.43. The number of nitroso groups, excluding NO2 is 1. The van der Waals surface area contributed by atoms with Crippen molar-refractivity contribution in [3.8, 4) is 0 Å². The van der Waals surface area contributed by atoms with E-state index in [0.29, 0.717) is 24.1 Å². The molecule has 2 rings (SSSR count). The van der Waals surface area contributed by atoms with Crippen molar-refractivity contribution < 1.29 is 39.2 Å². The van der Waals surface area contributed by atoms with Gasteiger partial charge < -0.3 is 34.4 Å². The fourth-order valence-corrected chi connectivity index (χ4v) is 7.23. The van der Waals surface area contributed by atoms with Gasteiger partial charge in [0.2, 0.25) is 5.76 Å². The predicted molar refractivity (Wildman–Crippen MR) is 227 cm³/mol. The second kappa shape index (κ2) is 25.3. The van der Waals surface area contributed by atoms with Crippen LogP contribution in [0.1, 0.15) is 80.7 Å². The monoisotopic (exact) mass is 792 g/mol. The number of carbonyl (C=O) groups is 1. The number of esters is 1. The van der Waals surface area contributed by atoms with E-state index in [2.05, 4.69) is 10.3 Å². The molecule has 0 saturated heterocycles. The molecule has 0 bridgehead atoms. The van der Waals surface area contributed by atoms with Crippen LogP contribution in [0.4, 0.5) is 0 Å². The van der Waals surface area contributed by atoms with Gasteiger partial charge in [-0.05, 0) is 57.2 Å². The molecule has 0 spiro atoms. The highest BCUT2D eigenvalue weighted by molar-refractivity contribution is 5.96. The van der Waals surface area contributed by atoms with E-state index in [1.54, 1.807) is 44.2 Å². The van der Waals surface area contributed by atoms with Gasteiger partial charge in [0, 0.05) is 36.7 Å². The number of aliphatic hydroxyl groups is 3. The first kappa shape index (κ1) is 49.0. The summed E-state index contributed by atoms with van der Waals surface area (Å²) in [4.78, 5) is 31.9. The van der Waals surface area contributed by atoms with Crippen molar-refractivity contribution in [2.75, 3.05) is 14.2 Å². The van der Waals surface area contributed by atoms with Crippen molar-refractivity contribution >= 4 is 11.7 Å². The van der Waals surface area contributed by atoms with E-state index >= 15 is 0 Å². The number of hydrogen-bond donors (Lipinski definition) is 3. The van der Waals surface area contributed by atoms with E-state index in [-0.39, 0.29) is 36.0 Å². The number of aliphatic hydroxyl groups excluding tert-OH is 3. The molecular weight excluding hydrogens is 725 g/mol. The number of rotatable bonds is 15. The quantitative estimate of drug-likeness (QED) is 0.0522. The molecule has 1 heterocycles. The van der Waals surface area contributed by atoms with Crippen LogP contribution in [0.15, 0.2) is 112 Å². The third-order valence-electron chi connectivity index (χ3n) is 10.8. The zero-order valence-corrected chi connectivity index (χ0v) is 35.8. The number of allylic oxidation sites excluding steroid dienone is 7. The highest BCUT2D eigenvalue weighted by atomic mass is 16.6.